The van der Waals surface area contributed by atoms with Crippen LogP contribution in [0.15, 0.2) is 236 Å². The molecular weight excluding hydrogens is 701 g/mol. The summed E-state index contributed by atoms with van der Waals surface area (Å²) in [4.78, 5) is 4.47. The Bertz CT molecular complexity index is 2440. The molecule has 0 bridgehead atoms. The average Bonchev–Trinajstić information content (AvgIpc) is 3.29. The lowest BCUT2D eigenvalue weighted by molar-refractivity contribution is 1.10. The van der Waals surface area contributed by atoms with E-state index >= 15 is 0 Å². The van der Waals surface area contributed by atoms with Crippen LogP contribution in [0.3, 0.4) is 0 Å². The number of nitrogens with zero attached hydrogens (tertiary/aromatic N) is 2. The Kier molecular flexibility index (Phi) is 13.1. The maximum atomic E-state index is 4.55. The Hall–Kier alpha value is -7.34. The van der Waals surface area contributed by atoms with Crippen molar-refractivity contribution < 1.29 is 0 Å². The highest BCUT2D eigenvalue weighted by atomic mass is 15.2. The molecule has 2 nitrogen and oxygen atoms in total. The van der Waals surface area contributed by atoms with Crippen LogP contribution in [0.4, 0.5) is 22.7 Å². The zero-order chi connectivity index (χ0) is 39.9. The summed E-state index contributed by atoms with van der Waals surface area (Å²) < 4.78 is 0. The Morgan fingerprint density at radius 3 is 1.64 bits per heavy atom. The lowest BCUT2D eigenvalue weighted by Crippen LogP contribution is -2.19. The molecule has 0 saturated heterocycles. The molecule has 0 fully saturated rings. The number of rotatable bonds is 15. The van der Waals surface area contributed by atoms with Crippen LogP contribution in [0.5, 0.6) is 0 Å². The van der Waals surface area contributed by atoms with Crippen molar-refractivity contribution >= 4 is 28.3 Å². The van der Waals surface area contributed by atoms with Crippen molar-refractivity contribution in [2.75, 3.05) is 9.80 Å². The average molecular weight is 749 g/mol. The van der Waals surface area contributed by atoms with Crippen LogP contribution in [0.1, 0.15) is 31.4 Å². The van der Waals surface area contributed by atoms with Gasteiger partial charge in [0.25, 0.3) is 0 Å². The summed E-state index contributed by atoms with van der Waals surface area (Å²) in [7, 11) is 0. The monoisotopic (exact) mass is 748 g/mol. The highest BCUT2D eigenvalue weighted by Crippen LogP contribution is 2.35. The zero-order valence-electron chi connectivity index (χ0n) is 33.3. The maximum absolute atomic E-state index is 4.55. The second-order valence-electron chi connectivity index (χ2n) is 13.9. The summed E-state index contributed by atoms with van der Waals surface area (Å²) in [5.74, 6) is 0. The molecule has 0 heterocycles. The molecule has 0 radical (unpaired) electrons. The van der Waals surface area contributed by atoms with Crippen LogP contribution < -0.4 is 9.80 Å². The summed E-state index contributed by atoms with van der Waals surface area (Å²) in [5.41, 5.74) is 14.6. The van der Waals surface area contributed by atoms with Crippen LogP contribution in [-0.4, -0.2) is 0 Å². The number of allylic oxidation sites excluding steroid dienone is 7. The van der Waals surface area contributed by atoms with Gasteiger partial charge in [-0.05, 0) is 119 Å². The number of hydrogen-bond donors (Lipinski definition) is 0. The van der Waals surface area contributed by atoms with E-state index in [2.05, 4.69) is 243 Å². The first kappa shape index (κ1) is 38.9. The van der Waals surface area contributed by atoms with Crippen LogP contribution >= 0.6 is 0 Å². The fourth-order valence-electron chi connectivity index (χ4n) is 7.07. The van der Waals surface area contributed by atoms with Gasteiger partial charge in [-0.2, -0.15) is 0 Å². The molecule has 7 aromatic carbocycles. The molecule has 0 N–H and O–H groups in total. The minimum atomic E-state index is 0.867. The van der Waals surface area contributed by atoms with Crippen molar-refractivity contribution in [3.63, 3.8) is 0 Å². The minimum absolute atomic E-state index is 0.867. The van der Waals surface area contributed by atoms with E-state index in [0.717, 1.165) is 58.1 Å². The largest absolute Gasteiger partial charge is 0.311 e. The Balaban J connectivity index is 1.05. The highest BCUT2D eigenvalue weighted by molar-refractivity contribution is 5.80. The van der Waals surface area contributed by atoms with E-state index in [0.29, 0.717) is 0 Å². The second kappa shape index (κ2) is 19.5. The van der Waals surface area contributed by atoms with Gasteiger partial charge in [-0.25, -0.2) is 0 Å². The molecule has 58 heavy (non-hydrogen) atoms. The van der Waals surface area contributed by atoms with E-state index in [1.54, 1.807) is 0 Å². The molecule has 0 aliphatic rings. The fourth-order valence-corrected chi connectivity index (χ4v) is 7.07. The third-order valence-electron chi connectivity index (χ3n) is 10.0. The normalized spacial score (nSPS) is 11.8. The maximum Gasteiger partial charge on any atom is 0.0551 e. The van der Waals surface area contributed by atoms with Crippen LogP contribution in [0, 0.1) is 12.1 Å². The summed E-state index contributed by atoms with van der Waals surface area (Å²) in [6, 6.07) is 69.9. The Labute approximate surface area is 345 Å². The molecule has 282 valence electrons. The predicted octanol–water partition coefficient (Wildman–Crippen LogP) is 15.2. The molecule has 0 aromatic heterocycles. The smallest absolute Gasteiger partial charge is 0.0551 e. The number of hydrogen-bond acceptors (Lipinski definition) is 2. The zero-order valence-corrected chi connectivity index (χ0v) is 33.3. The standard InChI is InChI=1S/C56H48N2/c1-4-19-52(29-18-22-45-20-10-6-11-21-45)57(53-23-12-7-13-24-53)44(3)30-31-46(5-2)47-32-34-48(35-33-47)49-36-38-50(39-37-49)51-40-42-56(43-41-51)58(54-25-14-8-15-26-54)55-27-16-9-17-28-55/h5-8,10-16,18-21,23-43H,3-4,22H2,1-2H3/b29-18-,31-30-,46-5+,52-19+. The fraction of sp³-hybridized carbons (Fsp3) is 0.0714. The minimum Gasteiger partial charge on any atom is -0.311 e. The van der Waals surface area contributed by atoms with Crippen molar-refractivity contribution in [3.05, 3.63) is 260 Å². The highest BCUT2D eigenvalue weighted by Gasteiger charge is 2.14. The van der Waals surface area contributed by atoms with Crippen molar-refractivity contribution in [2.45, 2.75) is 26.7 Å². The first-order valence-corrected chi connectivity index (χ1v) is 19.9. The number of para-hydroxylation sites is 2. The van der Waals surface area contributed by atoms with Gasteiger partial charge in [0, 0.05) is 34.5 Å². The van der Waals surface area contributed by atoms with Crippen molar-refractivity contribution in [1.29, 1.82) is 0 Å². The van der Waals surface area contributed by atoms with Gasteiger partial charge in [-0.15, -0.1) is 0 Å². The lowest BCUT2D eigenvalue weighted by Gasteiger charge is -2.27. The van der Waals surface area contributed by atoms with E-state index in [4.69, 9.17) is 0 Å². The molecule has 0 aliphatic heterocycles. The van der Waals surface area contributed by atoms with E-state index in [9.17, 15) is 0 Å². The second-order valence-corrected chi connectivity index (χ2v) is 13.9. The van der Waals surface area contributed by atoms with E-state index in [1.165, 1.54) is 27.8 Å². The van der Waals surface area contributed by atoms with Crippen molar-refractivity contribution in [2.24, 2.45) is 0 Å². The topological polar surface area (TPSA) is 6.48 Å². The quantitative estimate of drug-likeness (QED) is 0.0964. The van der Waals surface area contributed by atoms with Gasteiger partial charge in [-0.3, -0.25) is 0 Å². The molecule has 0 spiro atoms. The number of benzene rings is 6. The van der Waals surface area contributed by atoms with Gasteiger partial charge in [0.05, 0.1) is 5.69 Å². The van der Waals surface area contributed by atoms with Gasteiger partial charge < -0.3 is 9.80 Å². The molecule has 0 amide bonds. The Morgan fingerprint density at radius 1 is 0.552 bits per heavy atom. The number of anilines is 4. The van der Waals surface area contributed by atoms with Crippen molar-refractivity contribution in [3.8, 4) is 22.3 Å². The molecule has 7 aromatic rings. The van der Waals surface area contributed by atoms with Crippen LogP contribution in [0.25, 0.3) is 27.8 Å². The van der Waals surface area contributed by atoms with E-state index in [1.807, 2.05) is 18.2 Å². The summed E-state index contributed by atoms with van der Waals surface area (Å²) >= 11 is 0. The van der Waals surface area contributed by atoms with Gasteiger partial charge in [0.15, 0.2) is 0 Å². The Morgan fingerprint density at radius 2 is 1.09 bits per heavy atom. The van der Waals surface area contributed by atoms with Crippen molar-refractivity contribution in [1.82, 2.24) is 0 Å². The van der Waals surface area contributed by atoms with Gasteiger partial charge in [-0.1, -0.05) is 177 Å². The van der Waals surface area contributed by atoms with Gasteiger partial charge >= 0.3 is 0 Å². The first-order chi connectivity index (χ1) is 28.6. The molecule has 0 atom stereocenters. The van der Waals surface area contributed by atoms with Gasteiger partial charge in [0.1, 0.15) is 0 Å². The van der Waals surface area contributed by atoms with Crippen LogP contribution in [-0.2, 0) is 6.42 Å². The summed E-state index contributed by atoms with van der Waals surface area (Å²) in [5, 5.41) is 0. The predicted molar refractivity (Wildman–Crippen MR) is 248 cm³/mol. The molecular formula is C56H48N2. The summed E-state index contributed by atoms with van der Waals surface area (Å²) in [6.07, 6.45) is 14.9. The lowest BCUT2D eigenvalue weighted by atomic mass is 9.97. The summed E-state index contributed by atoms with van der Waals surface area (Å²) in [6.45, 7) is 8.81. The molecule has 0 aliphatic carbocycles. The molecule has 7 rings (SSSR count). The SMILES string of the molecule is C=C(/C=C\C(=C/C)c1ccc(-c2ccc(-c3ccc(N(c4cc#ccc4)c4ccccc4)cc3)cc2)cc1)N(C(/C=C\Cc1ccccc1)=C/CC)c1ccccc1. The molecule has 2 heteroatoms. The third-order valence-corrected chi connectivity index (χ3v) is 10.0. The van der Waals surface area contributed by atoms with Crippen LogP contribution in [0.2, 0.25) is 0 Å². The first-order valence-electron chi connectivity index (χ1n) is 19.9. The molecule has 0 unspecified atom stereocenters. The van der Waals surface area contributed by atoms with Gasteiger partial charge in [0.2, 0.25) is 0 Å². The van der Waals surface area contributed by atoms with E-state index in [-0.39, 0.29) is 0 Å². The van der Waals surface area contributed by atoms with E-state index < -0.39 is 0 Å². The molecule has 0 saturated carbocycles. The third kappa shape index (κ3) is 9.72.